The van der Waals surface area contributed by atoms with Gasteiger partial charge in [0.1, 0.15) is 17.3 Å². The van der Waals surface area contributed by atoms with E-state index < -0.39 is 12.1 Å². The zero-order valence-electron chi connectivity index (χ0n) is 23.9. The van der Waals surface area contributed by atoms with Crippen LogP contribution in [0, 0.1) is 23.2 Å². The van der Waals surface area contributed by atoms with E-state index in [1.54, 1.807) is 0 Å². The van der Waals surface area contributed by atoms with Gasteiger partial charge in [0.25, 0.3) is 0 Å². The predicted octanol–water partition coefficient (Wildman–Crippen LogP) is 6.95. The summed E-state index contributed by atoms with van der Waals surface area (Å²) >= 11 is 0. The number of aliphatic hydroxyl groups excluding tert-OH is 1. The molecule has 0 aromatic rings. The second kappa shape index (κ2) is 18.6. The normalized spacial score (nSPS) is 19.9. The van der Waals surface area contributed by atoms with Gasteiger partial charge in [-0.15, -0.1) is 0 Å². The number of ketones is 3. The Hall–Kier alpha value is -1.56. The fraction of sp³-hybridized carbons (Fsp3) is 0.867. The molecule has 0 radical (unpaired) electrons. The summed E-state index contributed by atoms with van der Waals surface area (Å²) in [4.78, 5) is 45.3. The summed E-state index contributed by atoms with van der Waals surface area (Å²) in [6.45, 7) is 11.4. The third-order valence-corrected chi connectivity index (χ3v) is 7.17. The summed E-state index contributed by atoms with van der Waals surface area (Å²) in [7, 11) is 0. The van der Waals surface area contributed by atoms with Crippen LogP contribution in [0.4, 0.5) is 0 Å². The third-order valence-electron chi connectivity index (χ3n) is 7.17. The number of hydrogen-bond acceptors (Lipinski definition) is 5. The molecule has 1 rings (SSSR count). The van der Waals surface area contributed by atoms with Gasteiger partial charge < -0.3 is 19.8 Å². The smallest absolute Gasteiger partial charge is 0.303 e. The number of aliphatic hydroxyl groups is 1. The highest BCUT2D eigenvalue weighted by molar-refractivity contribution is 5.84. The van der Waals surface area contributed by atoms with Crippen LogP contribution in [-0.4, -0.2) is 39.6 Å². The Kier molecular flexibility index (Phi) is 17.8. The molecule has 1 fully saturated rings. The van der Waals surface area contributed by atoms with Gasteiger partial charge in [0.15, 0.2) is 0 Å². The van der Waals surface area contributed by atoms with Crippen LogP contribution in [0.15, 0.2) is 0 Å². The van der Waals surface area contributed by atoms with Crippen LogP contribution >= 0.6 is 0 Å². The van der Waals surface area contributed by atoms with Crippen LogP contribution in [0.3, 0.4) is 0 Å². The SMILES string of the molecule is CC(=O)CC(CC(C)=O)CC(O)C1CC(C)(C)C[C@H](C)C1=O.CCCCCCCCCCCC(=O)O. The van der Waals surface area contributed by atoms with Crippen LogP contribution in [0.25, 0.3) is 0 Å². The highest BCUT2D eigenvalue weighted by atomic mass is 16.4. The Morgan fingerprint density at radius 1 is 0.889 bits per heavy atom. The molecule has 2 N–H and O–H groups in total. The summed E-state index contributed by atoms with van der Waals surface area (Å²) in [6.07, 6.45) is 13.2. The minimum atomic E-state index is -0.766. The maximum Gasteiger partial charge on any atom is 0.303 e. The molecule has 1 aliphatic rings. The number of hydrogen-bond donors (Lipinski definition) is 2. The molecule has 0 aromatic carbocycles. The molecule has 0 spiro atoms. The molecule has 2 unspecified atom stereocenters. The number of rotatable bonds is 17. The van der Waals surface area contributed by atoms with Crippen LogP contribution in [-0.2, 0) is 19.2 Å². The standard InChI is InChI=1S/C18H30O4.C12H24O2/c1-11-9-18(4,5)10-15(17(11)22)16(21)8-14(6-12(2)19)7-13(3)20;1-2-3-4-5-6-7-8-9-10-11-12(13)14/h11,14-16,21H,6-10H2,1-5H3;2-11H2,1H3,(H,13,14)/t11-,15?,16?;/m0./s1. The van der Waals surface area contributed by atoms with Crippen molar-refractivity contribution in [2.24, 2.45) is 23.2 Å². The molecular formula is C30H54O6. The molecule has 0 heterocycles. The minimum absolute atomic E-state index is 0.0159. The first-order valence-corrected chi connectivity index (χ1v) is 14.2. The lowest BCUT2D eigenvalue weighted by molar-refractivity contribution is -0.138. The molecule has 6 heteroatoms. The molecule has 0 aromatic heterocycles. The number of carboxylic acid groups (broad SMARTS) is 1. The molecule has 0 saturated heterocycles. The van der Waals surface area contributed by atoms with Gasteiger partial charge in [-0.1, -0.05) is 79.1 Å². The summed E-state index contributed by atoms with van der Waals surface area (Å²) in [6, 6.07) is 0. The Morgan fingerprint density at radius 3 is 1.81 bits per heavy atom. The molecule has 36 heavy (non-hydrogen) atoms. The van der Waals surface area contributed by atoms with Gasteiger partial charge in [0, 0.05) is 31.1 Å². The van der Waals surface area contributed by atoms with Crippen molar-refractivity contribution in [3.8, 4) is 0 Å². The van der Waals surface area contributed by atoms with Crippen molar-refractivity contribution in [3.05, 3.63) is 0 Å². The number of carbonyl (C=O) groups is 4. The number of carbonyl (C=O) groups excluding carboxylic acids is 3. The molecular weight excluding hydrogens is 456 g/mol. The third kappa shape index (κ3) is 17.0. The van der Waals surface area contributed by atoms with Crippen molar-refractivity contribution in [1.82, 2.24) is 0 Å². The lowest BCUT2D eigenvalue weighted by Crippen LogP contribution is -2.42. The van der Waals surface area contributed by atoms with Gasteiger partial charge in [-0.3, -0.25) is 9.59 Å². The van der Waals surface area contributed by atoms with E-state index in [2.05, 4.69) is 20.8 Å². The van der Waals surface area contributed by atoms with Gasteiger partial charge in [-0.25, -0.2) is 0 Å². The summed E-state index contributed by atoms with van der Waals surface area (Å²) < 4.78 is 0. The van der Waals surface area contributed by atoms with E-state index in [9.17, 15) is 24.3 Å². The maximum atomic E-state index is 12.4. The van der Waals surface area contributed by atoms with Gasteiger partial charge in [-0.2, -0.15) is 0 Å². The molecule has 0 amide bonds. The number of unbranched alkanes of at least 4 members (excludes halogenated alkanes) is 8. The summed E-state index contributed by atoms with van der Waals surface area (Å²) in [5.74, 6) is -1.09. The largest absolute Gasteiger partial charge is 0.481 e. The first-order valence-electron chi connectivity index (χ1n) is 14.2. The second-order valence-electron chi connectivity index (χ2n) is 11.9. The number of Topliss-reactive ketones (excluding diaryl/α,β-unsaturated/α-hetero) is 3. The van der Waals surface area contributed by atoms with Crippen LogP contribution in [0.2, 0.25) is 0 Å². The lowest BCUT2D eigenvalue weighted by atomic mass is 9.65. The average Bonchev–Trinajstić information content (AvgIpc) is 2.74. The van der Waals surface area contributed by atoms with Crippen molar-refractivity contribution in [2.75, 3.05) is 0 Å². The first kappa shape index (κ1) is 34.4. The number of carboxylic acids is 1. The Bertz CT molecular complexity index is 652. The van der Waals surface area contributed by atoms with Crippen molar-refractivity contribution >= 4 is 23.3 Å². The summed E-state index contributed by atoms with van der Waals surface area (Å²) in [5, 5.41) is 19.0. The molecule has 1 aliphatic carbocycles. The molecule has 3 atom stereocenters. The van der Waals surface area contributed by atoms with E-state index in [0.717, 1.165) is 19.3 Å². The van der Waals surface area contributed by atoms with E-state index in [1.807, 2.05) is 6.92 Å². The van der Waals surface area contributed by atoms with Crippen molar-refractivity contribution in [3.63, 3.8) is 0 Å². The van der Waals surface area contributed by atoms with Crippen LogP contribution in [0.5, 0.6) is 0 Å². The fourth-order valence-electron chi connectivity index (χ4n) is 5.54. The summed E-state index contributed by atoms with van der Waals surface area (Å²) in [5.41, 5.74) is 0.0373. The van der Waals surface area contributed by atoms with Crippen molar-refractivity contribution in [2.45, 2.75) is 144 Å². The van der Waals surface area contributed by atoms with Crippen LogP contribution < -0.4 is 0 Å². The minimum Gasteiger partial charge on any atom is -0.481 e. The Morgan fingerprint density at radius 2 is 1.36 bits per heavy atom. The highest BCUT2D eigenvalue weighted by Crippen LogP contribution is 2.42. The molecule has 210 valence electrons. The second-order valence-corrected chi connectivity index (χ2v) is 11.9. The average molecular weight is 511 g/mol. The zero-order chi connectivity index (χ0) is 27.7. The van der Waals surface area contributed by atoms with Gasteiger partial charge in [0.2, 0.25) is 0 Å². The van der Waals surface area contributed by atoms with E-state index in [4.69, 9.17) is 5.11 Å². The van der Waals surface area contributed by atoms with E-state index >= 15 is 0 Å². The topological polar surface area (TPSA) is 109 Å². The van der Waals surface area contributed by atoms with Gasteiger partial charge in [-0.05, 0) is 50.9 Å². The van der Waals surface area contributed by atoms with E-state index in [0.29, 0.717) is 19.3 Å². The maximum absolute atomic E-state index is 12.4. The van der Waals surface area contributed by atoms with E-state index in [-0.39, 0.29) is 53.4 Å². The highest BCUT2D eigenvalue weighted by Gasteiger charge is 2.41. The van der Waals surface area contributed by atoms with Crippen molar-refractivity contribution < 1.29 is 29.4 Å². The molecule has 0 bridgehead atoms. The zero-order valence-corrected chi connectivity index (χ0v) is 23.9. The van der Waals surface area contributed by atoms with Crippen LogP contribution in [0.1, 0.15) is 138 Å². The predicted molar refractivity (Wildman–Crippen MR) is 145 cm³/mol. The lowest BCUT2D eigenvalue weighted by Gasteiger charge is -2.40. The van der Waals surface area contributed by atoms with Gasteiger partial charge >= 0.3 is 5.97 Å². The van der Waals surface area contributed by atoms with Gasteiger partial charge in [0.05, 0.1) is 6.10 Å². The molecule has 0 aliphatic heterocycles. The quantitative estimate of drug-likeness (QED) is 0.205. The van der Waals surface area contributed by atoms with E-state index in [1.165, 1.54) is 58.8 Å². The molecule has 6 nitrogen and oxygen atoms in total. The Balaban J connectivity index is 0.000000757. The Labute approximate surface area is 220 Å². The fourth-order valence-corrected chi connectivity index (χ4v) is 5.54. The monoisotopic (exact) mass is 510 g/mol. The first-order chi connectivity index (χ1) is 16.8. The van der Waals surface area contributed by atoms with Crippen molar-refractivity contribution in [1.29, 1.82) is 0 Å². The number of aliphatic carboxylic acids is 1. The molecule has 1 saturated carbocycles.